The van der Waals surface area contributed by atoms with Crippen molar-refractivity contribution in [2.45, 2.75) is 46.0 Å². The number of aliphatic carboxylic acids is 1. The van der Waals surface area contributed by atoms with Crippen LogP contribution in [0.4, 0.5) is 0 Å². The summed E-state index contributed by atoms with van der Waals surface area (Å²) in [6.45, 7) is 4.61. The van der Waals surface area contributed by atoms with Gasteiger partial charge in [-0.1, -0.05) is 26.7 Å². The fourth-order valence-electron chi connectivity index (χ4n) is 3.63. The van der Waals surface area contributed by atoms with Crippen LogP contribution in [0.1, 0.15) is 46.0 Å². The van der Waals surface area contributed by atoms with Crippen molar-refractivity contribution in [1.29, 1.82) is 0 Å². The van der Waals surface area contributed by atoms with Gasteiger partial charge in [0.25, 0.3) is 0 Å². The predicted octanol–water partition coefficient (Wildman–Crippen LogP) is 2.92. The maximum absolute atomic E-state index is 11.0. The molecule has 2 heteroatoms. The Balaban J connectivity index is 2.17. The van der Waals surface area contributed by atoms with E-state index in [0.29, 0.717) is 17.3 Å². The summed E-state index contributed by atoms with van der Waals surface area (Å²) < 4.78 is 0. The summed E-state index contributed by atoms with van der Waals surface area (Å²) in [7, 11) is 0. The molecule has 0 aromatic heterocycles. The monoisotopic (exact) mass is 196 g/mol. The molecule has 0 amide bonds. The third kappa shape index (κ3) is 1.35. The predicted molar refractivity (Wildman–Crippen MR) is 55.0 cm³/mol. The van der Waals surface area contributed by atoms with Crippen LogP contribution in [0, 0.1) is 23.2 Å². The Morgan fingerprint density at radius 2 is 2.14 bits per heavy atom. The molecule has 0 radical (unpaired) electrons. The summed E-state index contributed by atoms with van der Waals surface area (Å²) in [6.07, 6.45) is 5.68. The van der Waals surface area contributed by atoms with Crippen LogP contribution in [-0.2, 0) is 4.79 Å². The average molecular weight is 196 g/mol. The standard InChI is InChI=1S/C12H20O2/c1-8-4-3-5-10-6-9(11(13)14)7-12(8,10)2/h8-10H,3-7H2,1-2H3,(H,13,14)/t8-,9-,10-,12+/m1/s1. The van der Waals surface area contributed by atoms with Gasteiger partial charge in [0, 0.05) is 0 Å². The molecule has 0 aromatic carbocycles. The van der Waals surface area contributed by atoms with Crippen molar-refractivity contribution in [3.8, 4) is 0 Å². The number of fused-ring (bicyclic) bond motifs is 1. The first-order chi connectivity index (χ1) is 6.54. The molecule has 4 atom stereocenters. The molecule has 0 aliphatic heterocycles. The number of carboxylic acids is 1. The van der Waals surface area contributed by atoms with Crippen molar-refractivity contribution in [3.05, 3.63) is 0 Å². The normalized spacial score (nSPS) is 47.4. The van der Waals surface area contributed by atoms with Gasteiger partial charge in [-0.15, -0.1) is 0 Å². The van der Waals surface area contributed by atoms with Gasteiger partial charge in [-0.2, -0.15) is 0 Å². The Morgan fingerprint density at radius 1 is 1.43 bits per heavy atom. The first-order valence-corrected chi connectivity index (χ1v) is 5.77. The SMILES string of the molecule is C[C@@H]1CCC[C@@H]2C[C@@H](C(=O)O)C[C@]21C. The zero-order chi connectivity index (χ0) is 10.3. The smallest absolute Gasteiger partial charge is 0.306 e. The number of carboxylic acid groups (broad SMARTS) is 1. The van der Waals surface area contributed by atoms with Crippen LogP contribution < -0.4 is 0 Å². The van der Waals surface area contributed by atoms with Gasteiger partial charge in [0.15, 0.2) is 0 Å². The lowest BCUT2D eigenvalue weighted by molar-refractivity contribution is -0.141. The minimum Gasteiger partial charge on any atom is -0.481 e. The Morgan fingerprint density at radius 3 is 2.71 bits per heavy atom. The van der Waals surface area contributed by atoms with Crippen LogP contribution in [-0.4, -0.2) is 11.1 Å². The highest BCUT2D eigenvalue weighted by Gasteiger charge is 2.50. The van der Waals surface area contributed by atoms with Crippen LogP contribution in [0.2, 0.25) is 0 Å². The van der Waals surface area contributed by atoms with E-state index >= 15 is 0 Å². The van der Waals surface area contributed by atoms with Crippen molar-refractivity contribution < 1.29 is 9.90 Å². The number of hydrogen-bond acceptors (Lipinski definition) is 1. The zero-order valence-corrected chi connectivity index (χ0v) is 9.12. The van der Waals surface area contributed by atoms with E-state index in [1.165, 1.54) is 19.3 Å². The highest BCUT2D eigenvalue weighted by Crippen LogP contribution is 2.56. The summed E-state index contributed by atoms with van der Waals surface area (Å²) in [6, 6.07) is 0. The van der Waals surface area contributed by atoms with E-state index in [-0.39, 0.29) is 5.92 Å². The van der Waals surface area contributed by atoms with Gasteiger partial charge in [-0.3, -0.25) is 4.79 Å². The quantitative estimate of drug-likeness (QED) is 0.700. The molecule has 0 spiro atoms. The van der Waals surface area contributed by atoms with Crippen molar-refractivity contribution >= 4 is 5.97 Å². The van der Waals surface area contributed by atoms with Gasteiger partial charge >= 0.3 is 5.97 Å². The van der Waals surface area contributed by atoms with Crippen LogP contribution in [0.5, 0.6) is 0 Å². The fraction of sp³-hybridized carbons (Fsp3) is 0.917. The second kappa shape index (κ2) is 3.25. The summed E-state index contributed by atoms with van der Waals surface area (Å²) >= 11 is 0. The van der Waals surface area contributed by atoms with Crippen molar-refractivity contribution in [3.63, 3.8) is 0 Å². The first-order valence-electron chi connectivity index (χ1n) is 5.77. The molecular formula is C12H20O2. The highest BCUT2D eigenvalue weighted by molar-refractivity contribution is 5.70. The lowest BCUT2D eigenvalue weighted by atomic mass is 9.63. The van der Waals surface area contributed by atoms with E-state index in [1.807, 2.05) is 0 Å². The molecule has 80 valence electrons. The van der Waals surface area contributed by atoms with E-state index in [1.54, 1.807) is 0 Å². The van der Waals surface area contributed by atoms with Gasteiger partial charge in [-0.05, 0) is 36.5 Å². The largest absolute Gasteiger partial charge is 0.481 e. The van der Waals surface area contributed by atoms with E-state index in [4.69, 9.17) is 5.11 Å². The Bertz CT molecular complexity index is 249. The Hall–Kier alpha value is -0.530. The minimum atomic E-state index is -0.576. The molecule has 0 heterocycles. The van der Waals surface area contributed by atoms with E-state index in [2.05, 4.69) is 13.8 Å². The van der Waals surface area contributed by atoms with Crippen molar-refractivity contribution in [2.75, 3.05) is 0 Å². The fourth-order valence-corrected chi connectivity index (χ4v) is 3.63. The molecule has 2 aliphatic rings. The first kappa shape index (κ1) is 10.0. The Labute approximate surface area is 85.7 Å². The summed E-state index contributed by atoms with van der Waals surface area (Å²) in [5.41, 5.74) is 0.321. The summed E-state index contributed by atoms with van der Waals surface area (Å²) in [4.78, 5) is 11.0. The summed E-state index contributed by atoms with van der Waals surface area (Å²) in [5, 5.41) is 9.06. The number of carbonyl (C=O) groups is 1. The van der Waals surface area contributed by atoms with E-state index < -0.39 is 5.97 Å². The molecular weight excluding hydrogens is 176 g/mol. The number of hydrogen-bond donors (Lipinski definition) is 1. The Kier molecular flexibility index (Phi) is 2.32. The average Bonchev–Trinajstić information content (AvgIpc) is 2.45. The zero-order valence-electron chi connectivity index (χ0n) is 9.12. The molecule has 0 saturated heterocycles. The summed E-state index contributed by atoms with van der Waals surface area (Å²) in [5.74, 6) is 0.747. The maximum atomic E-state index is 11.0. The van der Waals surface area contributed by atoms with Gasteiger partial charge in [-0.25, -0.2) is 0 Å². The molecule has 2 saturated carbocycles. The van der Waals surface area contributed by atoms with Crippen LogP contribution in [0.3, 0.4) is 0 Å². The van der Waals surface area contributed by atoms with Gasteiger partial charge < -0.3 is 5.11 Å². The highest BCUT2D eigenvalue weighted by atomic mass is 16.4. The molecule has 14 heavy (non-hydrogen) atoms. The molecule has 1 N–H and O–H groups in total. The molecule has 2 aliphatic carbocycles. The van der Waals surface area contributed by atoms with E-state index in [0.717, 1.165) is 12.8 Å². The minimum absolute atomic E-state index is 0.0643. The van der Waals surface area contributed by atoms with Crippen LogP contribution >= 0.6 is 0 Å². The van der Waals surface area contributed by atoms with Crippen molar-refractivity contribution in [2.24, 2.45) is 23.2 Å². The lowest BCUT2D eigenvalue weighted by Gasteiger charge is -2.42. The second-order valence-corrected chi connectivity index (χ2v) is 5.51. The third-order valence-electron chi connectivity index (χ3n) is 4.85. The lowest BCUT2D eigenvalue weighted by Crippen LogP contribution is -2.33. The van der Waals surface area contributed by atoms with Gasteiger partial charge in [0.2, 0.25) is 0 Å². The molecule has 2 fully saturated rings. The van der Waals surface area contributed by atoms with Crippen LogP contribution in [0.15, 0.2) is 0 Å². The van der Waals surface area contributed by atoms with Crippen molar-refractivity contribution in [1.82, 2.24) is 0 Å². The van der Waals surface area contributed by atoms with E-state index in [9.17, 15) is 4.79 Å². The second-order valence-electron chi connectivity index (χ2n) is 5.51. The third-order valence-corrected chi connectivity index (χ3v) is 4.85. The molecule has 2 rings (SSSR count). The van der Waals surface area contributed by atoms with Gasteiger partial charge in [0.1, 0.15) is 0 Å². The molecule has 0 bridgehead atoms. The topological polar surface area (TPSA) is 37.3 Å². The van der Waals surface area contributed by atoms with Gasteiger partial charge in [0.05, 0.1) is 5.92 Å². The molecule has 0 unspecified atom stereocenters. The maximum Gasteiger partial charge on any atom is 0.306 e. The van der Waals surface area contributed by atoms with Crippen LogP contribution in [0.25, 0.3) is 0 Å². The molecule has 0 aromatic rings. The number of rotatable bonds is 1. The molecule has 2 nitrogen and oxygen atoms in total.